The Labute approximate surface area is 141 Å². The average Bonchev–Trinajstić information content (AvgIpc) is 2.61. The quantitative estimate of drug-likeness (QED) is 0.899. The topological polar surface area (TPSA) is 90.1 Å². The summed E-state index contributed by atoms with van der Waals surface area (Å²) >= 11 is 0. The Bertz CT molecular complexity index is 702. The molecule has 24 heavy (non-hydrogen) atoms. The molecule has 3 N–H and O–H groups in total. The maximum Gasteiger partial charge on any atom is 0.273 e. The van der Waals surface area contributed by atoms with Gasteiger partial charge in [0.2, 0.25) is 0 Å². The summed E-state index contributed by atoms with van der Waals surface area (Å²) in [7, 11) is 0. The van der Waals surface area contributed by atoms with Crippen LogP contribution in [0.4, 0.5) is 5.82 Å². The van der Waals surface area contributed by atoms with E-state index in [0.717, 1.165) is 25.0 Å². The number of benzene rings is 1. The second-order valence-electron chi connectivity index (χ2n) is 6.10. The van der Waals surface area contributed by atoms with Crippen molar-refractivity contribution in [3.63, 3.8) is 0 Å². The third-order valence-corrected chi connectivity index (χ3v) is 4.32. The number of nitrogen functional groups attached to an aromatic ring is 1. The molecule has 1 aromatic carbocycles. The monoisotopic (exact) mass is 326 g/mol. The van der Waals surface area contributed by atoms with E-state index >= 15 is 0 Å². The lowest BCUT2D eigenvalue weighted by Crippen LogP contribution is -2.35. The predicted octanol–water partition coefficient (Wildman–Crippen LogP) is 2.26. The second kappa shape index (κ2) is 7.40. The Kier molecular flexibility index (Phi) is 5.05. The fourth-order valence-corrected chi connectivity index (χ4v) is 3.01. The van der Waals surface area contributed by atoms with Crippen LogP contribution in [0.3, 0.4) is 0 Å². The number of nitrogens with one attached hydrogen (secondary N) is 1. The minimum Gasteiger partial charge on any atom is -0.382 e. The number of hydrogen-bond donors (Lipinski definition) is 2. The zero-order chi connectivity index (χ0) is 16.9. The number of anilines is 1. The third kappa shape index (κ3) is 3.71. The number of carbonyl (C=O) groups is 1. The van der Waals surface area contributed by atoms with Crippen LogP contribution >= 0.6 is 0 Å². The van der Waals surface area contributed by atoms with Gasteiger partial charge in [-0.2, -0.15) is 0 Å². The molecule has 1 fully saturated rings. The van der Waals surface area contributed by atoms with Crippen molar-refractivity contribution in [2.24, 2.45) is 5.92 Å². The van der Waals surface area contributed by atoms with Crippen molar-refractivity contribution in [3.05, 3.63) is 53.5 Å². The Morgan fingerprint density at radius 1 is 1.29 bits per heavy atom. The molecular formula is C18H22N4O2. The number of nitrogens with zero attached hydrogens (tertiary/aromatic N) is 2. The van der Waals surface area contributed by atoms with Gasteiger partial charge >= 0.3 is 0 Å². The van der Waals surface area contributed by atoms with Crippen LogP contribution in [0.2, 0.25) is 0 Å². The van der Waals surface area contributed by atoms with Crippen molar-refractivity contribution in [1.82, 2.24) is 15.3 Å². The van der Waals surface area contributed by atoms with Crippen molar-refractivity contribution < 1.29 is 9.53 Å². The first-order valence-electron chi connectivity index (χ1n) is 8.18. The zero-order valence-electron chi connectivity index (χ0n) is 13.7. The SMILES string of the molecule is Cc1ccc([C@@H]2OCCC[C@H]2CNC(=O)c2nccnc2N)cc1. The van der Waals surface area contributed by atoms with Crippen LogP contribution in [-0.2, 0) is 4.74 Å². The van der Waals surface area contributed by atoms with Gasteiger partial charge in [0.1, 0.15) is 0 Å². The molecule has 1 aliphatic rings. The van der Waals surface area contributed by atoms with Crippen molar-refractivity contribution >= 4 is 11.7 Å². The van der Waals surface area contributed by atoms with Crippen LogP contribution in [0.25, 0.3) is 0 Å². The molecule has 2 aromatic rings. The van der Waals surface area contributed by atoms with E-state index in [9.17, 15) is 4.79 Å². The molecule has 3 rings (SSSR count). The highest BCUT2D eigenvalue weighted by Crippen LogP contribution is 2.33. The van der Waals surface area contributed by atoms with Gasteiger partial charge in [-0.15, -0.1) is 0 Å². The minimum atomic E-state index is -0.297. The molecule has 126 valence electrons. The highest BCUT2D eigenvalue weighted by Gasteiger charge is 2.28. The number of aromatic nitrogens is 2. The molecule has 1 amide bonds. The fraction of sp³-hybridized carbons (Fsp3) is 0.389. The summed E-state index contributed by atoms with van der Waals surface area (Å²) < 4.78 is 5.97. The molecular weight excluding hydrogens is 304 g/mol. The van der Waals surface area contributed by atoms with Crippen LogP contribution in [0.1, 0.15) is 40.6 Å². The van der Waals surface area contributed by atoms with E-state index < -0.39 is 0 Å². The molecule has 1 aromatic heterocycles. The van der Waals surface area contributed by atoms with Crippen molar-refractivity contribution in [3.8, 4) is 0 Å². The van der Waals surface area contributed by atoms with Gasteiger partial charge in [0.15, 0.2) is 11.5 Å². The van der Waals surface area contributed by atoms with Gasteiger partial charge < -0.3 is 15.8 Å². The average molecular weight is 326 g/mol. The van der Waals surface area contributed by atoms with Gasteiger partial charge in [0.25, 0.3) is 5.91 Å². The number of aryl methyl sites for hydroxylation is 1. The molecule has 2 heterocycles. The largest absolute Gasteiger partial charge is 0.382 e. The molecule has 0 unspecified atom stereocenters. The number of hydrogen-bond acceptors (Lipinski definition) is 5. The van der Waals surface area contributed by atoms with E-state index in [4.69, 9.17) is 10.5 Å². The lowest BCUT2D eigenvalue weighted by molar-refractivity contribution is -0.0272. The standard InChI is InChI=1S/C18H22N4O2/c1-12-4-6-13(7-5-12)16-14(3-2-10-24-16)11-22-18(23)15-17(19)21-9-8-20-15/h4-9,14,16H,2-3,10-11H2,1H3,(H2,19,21)(H,22,23)/t14-,16-/m0/s1. The summed E-state index contributed by atoms with van der Waals surface area (Å²) in [6.07, 6.45) is 4.93. The van der Waals surface area contributed by atoms with Gasteiger partial charge in [-0.3, -0.25) is 4.79 Å². The van der Waals surface area contributed by atoms with E-state index in [0.29, 0.717) is 6.54 Å². The van der Waals surface area contributed by atoms with Crippen LogP contribution in [-0.4, -0.2) is 29.0 Å². The summed E-state index contributed by atoms with van der Waals surface area (Å²) in [6, 6.07) is 8.37. The van der Waals surface area contributed by atoms with Crippen molar-refractivity contribution in [2.45, 2.75) is 25.9 Å². The normalized spacial score (nSPS) is 20.5. The number of rotatable bonds is 4. The molecule has 6 nitrogen and oxygen atoms in total. The van der Waals surface area contributed by atoms with Gasteiger partial charge in [0.05, 0.1) is 6.10 Å². The first-order chi connectivity index (χ1) is 11.6. The molecule has 1 saturated heterocycles. The Hall–Kier alpha value is -2.47. The van der Waals surface area contributed by atoms with E-state index in [1.807, 2.05) is 0 Å². The molecule has 0 radical (unpaired) electrons. The van der Waals surface area contributed by atoms with E-state index in [2.05, 4.69) is 46.5 Å². The lowest BCUT2D eigenvalue weighted by atomic mass is 9.89. The Morgan fingerprint density at radius 3 is 2.79 bits per heavy atom. The first kappa shape index (κ1) is 16.4. The highest BCUT2D eigenvalue weighted by molar-refractivity contribution is 5.96. The van der Waals surface area contributed by atoms with Gasteiger partial charge in [-0.1, -0.05) is 29.8 Å². The van der Waals surface area contributed by atoms with E-state index in [-0.39, 0.29) is 29.4 Å². The van der Waals surface area contributed by atoms with Crippen LogP contribution < -0.4 is 11.1 Å². The number of amides is 1. The van der Waals surface area contributed by atoms with Gasteiger partial charge in [-0.25, -0.2) is 9.97 Å². The second-order valence-corrected chi connectivity index (χ2v) is 6.10. The summed E-state index contributed by atoms with van der Waals surface area (Å²) in [6.45, 7) is 3.34. The minimum absolute atomic E-state index is 0.00106. The number of ether oxygens (including phenoxy) is 1. The number of nitrogens with two attached hydrogens (primary N) is 1. The smallest absolute Gasteiger partial charge is 0.273 e. The predicted molar refractivity (Wildman–Crippen MR) is 91.4 cm³/mol. The molecule has 0 saturated carbocycles. The summed E-state index contributed by atoms with van der Waals surface area (Å²) in [5.41, 5.74) is 8.24. The first-order valence-corrected chi connectivity index (χ1v) is 8.18. The maximum atomic E-state index is 12.3. The van der Waals surface area contributed by atoms with Crippen LogP contribution in [0.5, 0.6) is 0 Å². The summed E-state index contributed by atoms with van der Waals surface area (Å²) in [4.78, 5) is 20.2. The molecule has 2 atom stereocenters. The molecule has 1 aliphatic heterocycles. The molecule has 0 spiro atoms. The number of carbonyl (C=O) groups excluding carboxylic acids is 1. The maximum absolute atomic E-state index is 12.3. The zero-order valence-corrected chi connectivity index (χ0v) is 13.7. The van der Waals surface area contributed by atoms with Gasteiger partial charge in [0, 0.05) is 31.5 Å². The summed E-state index contributed by atoms with van der Waals surface area (Å²) in [5.74, 6) is 0.0714. The van der Waals surface area contributed by atoms with Crippen molar-refractivity contribution in [1.29, 1.82) is 0 Å². The van der Waals surface area contributed by atoms with Crippen LogP contribution in [0, 0.1) is 12.8 Å². The highest BCUT2D eigenvalue weighted by atomic mass is 16.5. The van der Waals surface area contributed by atoms with Crippen molar-refractivity contribution in [2.75, 3.05) is 18.9 Å². The Balaban J connectivity index is 1.67. The Morgan fingerprint density at radius 2 is 2.04 bits per heavy atom. The third-order valence-electron chi connectivity index (χ3n) is 4.32. The molecule has 0 bridgehead atoms. The lowest BCUT2D eigenvalue weighted by Gasteiger charge is -2.32. The van der Waals surface area contributed by atoms with E-state index in [1.165, 1.54) is 18.0 Å². The molecule has 6 heteroatoms. The van der Waals surface area contributed by atoms with E-state index in [1.54, 1.807) is 0 Å². The van der Waals surface area contributed by atoms with Crippen LogP contribution in [0.15, 0.2) is 36.7 Å². The molecule has 0 aliphatic carbocycles. The summed E-state index contributed by atoms with van der Waals surface area (Å²) in [5, 5.41) is 2.92. The van der Waals surface area contributed by atoms with Gasteiger partial charge in [-0.05, 0) is 25.3 Å². The fourth-order valence-electron chi connectivity index (χ4n) is 3.01.